The number of ether oxygens (including phenoxy) is 1. The molecule has 0 radical (unpaired) electrons. The van der Waals surface area contributed by atoms with E-state index in [1.807, 2.05) is 59.5 Å². The van der Waals surface area contributed by atoms with Gasteiger partial charge in [-0.1, -0.05) is 60.7 Å². The summed E-state index contributed by atoms with van der Waals surface area (Å²) in [5.41, 5.74) is 4.25. The largest absolute Gasteiger partial charge is 0.489 e. The van der Waals surface area contributed by atoms with Crippen LogP contribution in [0.25, 0.3) is 0 Å². The SMILES string of the molecule is O=C1c2ccc(OCc3ccccc3)cc2CCC1CC(=O)N1CCC(c2ccccc2)CC1. The van der Waals surface area contributed by atoms with Crippen LogP contribution in [0.1, 0.15) is 58.6 Å². The first-order chi connectivity index (χ1) is 16.7. The molecule has 4 heteroatoms. The van der Waals surface area contributed by atoms with Crippen molar-refractivity contribution in [2.24, 2.45) is 5.92 Å². The van der Waals surface area contributed by atoms with Gasteiger partial charge in [0.1, 0.15) is 12.4 Å². The van der Waals surface area contributed by atoms with E-state index in [1.165, 1.54) is 5.56 Å². The highest BCUT2D eigenvalue weighted by atomic mass is 16.5. The molecule has 4 nitrogen and oxygen atoms in total. The van der Waals surface area contributed by atoms with Crippen LogP contribution in [0, 0.1) is 5.92 Å². The van der Waals surface area contributed by atoms with Crippen molar-refractivity contribution in [1.29, 1.82) is 0 Å². The number of nitrogens with zero attached hydrogens (tertiary/aromatic N) is 1. The molecule has 1 atom stereocenters. The smallest absolute Gasteiger partial charge is 0.223 e. The molecule has 174 valence electrons. The van der Waals surface area contributed by atoms with Crippen LogP contribution < -0.4 is 4.74 Å². The number of carbonyl (C=O) groups is 2. The minimum Gasteiger partial charge on any atom is -0.489 e. The number of piperidine rings is 1. The Labute approximate surface area is 201 Å². The number of ketones is 1. The van der Waals surface area contributed by atoms with Crippen LogP contribution in [-0.2, 0) is 17.8 Å². The molecule has 1 aliphatic heterocycles. The molecular weight excluding hydrogens is 422 g/mol. The van der Waals surface area contributed by atoms with Gasteiger partial charge in [-0.25, -0.2) is 0 Å². The number of hydrogen-bond donors (Lipinski definition) is 0. The van der Waals surface area contributed by atoms with Gasteiger partial charge in [0.2, 0.25) is 5.91 Å². The zero-order valence-electron chi connectivity index (χ0n) is 19.5. The lowest BCUT2D eigenvalue weighted by Gasteiger charge is -2.33. The topological polar surface area (TPSA) is 46.6 Å². The van der Waals surface area contributed by atoms with Gasteiger partial charge in [0.15, 0.2) is 5.78 Å². The first-order valence-corrected chi connectivity index (χ1v) is 12.3. The monoisotopic (exact) mass is 453 g/mol. The number of carbonyl (C=O) groups excluding carboxylic acids is 2. The van der Waals surface area contributed by atoms with Gasteiger partial charge in [-0.05, 0) is 66.5 Å². The molecule has 0 N–H and O–H groups in total. The number of fused-ring (bicyclic) bond motifs is 1. The summed E-state index contributed by atoms with van der Waals surface area (Å²) in [6.45, 7) is 2.06. The lowest BCUT2D eigenvalue weighted by molar-refractivity contribution is -0.133. The Bertz CT molecular complexity index is 1130. The molecule has 0 aromatic heterocycles. The van der Waals surface area contributed by atoms with E-state index in [-0.39, 0.29) is 17.6 Å². The van der Waals surface area contributed by atoms with Crippen molar-refractivity contribution in [2.45, 2.75) is 44.6 Å². The van der Waals surface area contributed by atoms with Crippen LogP contribution >= 0.6 is 0 Å². The maximum absolute atomic E-state index is 13.2. The average molecular weight is 454 g/mol. The van der Waals surface area contributed by atoms with Gasteiger partial charge in [-0.15, -0.1) is 0 Å². The summed E-state index contributed by atoms with van der Waals surface area (Å²) in [6.07, 6.45) is 3.82. The number of amides is 1. The second-order valence-corrected chi connectivity index (χ2v) is 9.46. The third-order valence-corrected chi connectivity index (χ3v) is 7.26. The van der Waals surface area contributed by atoms with Crippen LogP contribution in [0.2, 0.25) is 0 Å². The molecule has 3 aromatic rings. The Kier molecular flexibility index (Phi) is 6.75. The molecule has 2 aliphatic rings. The number of likely N-dealkylation sites (tertiary alicyclic amines) is 1. The van der Waals surface area contributed by atoms with Gasteiger partial charge in [0.05, 0.1) is 0 Å². The van der Waals surface area contributed by atoms with Crippen molar-refractivity contribution in [2.75, 3.05) is 13.1 Å². The van der Waals surface area contributed by atoms with Gasteiger partial charge in [0, 0.05) is 31.0 Å². The van der Waals surface area contributed by atoms with E-state index in [4.69, 9.17) is 4.74 Å². The molecule has 34 heavy (non-hydrogen) atoms. The molecule has 1 saturated heterocycles. The van der Waals surface area contributed by atoms with Crippen LogP contribution in [0.4, 0.5) is 0 Å². The van der Waals surface area contributed by atoms with Crippen molar-refractivity contribution >= 4 is 11.7 Å². The van der Waals surface area contributed by atoms with E-state index in [0.717, 1.165) is 61.2 Å². The van der Waals surface area contributed by atoms with E-state index in [2.05, 4.69) is 24.3 Å². The summed E-state index contributed by atoms with van der Waals surface area (Å²) in [5, 5.41) is 0. The van der Waals surface area contributed by atoms with Gasteiger partial charge < -0.3 is 9.64 Å². The van der Waals surface area contributed by atoms with E-state index in [1.54, 1.807) is 0 Å². The van der Waals surface area contributed by atoms with Gasteiger partial charge >= 0.3 is 0 Å². The zero-order valence-corrected chi connectivity index (χ0v) is 19.5. The highest BCUT2D eigenvalue weighted by Crippen LogP contribution is 2.32. The normalized spacial score (nSPS) is 18.4. The third kappa shape index (κ3) is 5.06. The van der Waals surface area contributed by atoms with Gasteiger partial charge in [0.25, 0.3) is 0 Å². The molecule has 0 bridgehead atoms. The Morgan fingerprint density at radius 3 is 2.32 bits per heavy atom. The highest BCUT2D eigenvalue weighted by molar-refractivity contribution is 6.02. The maximum Gasteiger partial charge on any atom is 0.223 e. The standard InChI is InChI=1S/C30H31NO3/c32-29(31-17-15-24(16-18-31)23-9-5-2-6-10-23)20-26-12-11-25-19-27(13-14-28(25)30(26)33)34-21-22-7-3-1-4-8-22/h1-10,13-14,19,24,26H,11-12,15-18,20-21H2. The molecule has 1 unspecified atom stereocenters. The van der Waals surface area contributed by atoms with E-state index < -0.39 is 0 Å². The van der Waals surface area contributed by atoms with Crippen LogP contribution in [0.3, 0.4) is 0 Å². The minimum absolute atomic E-state index is 0.100. The van der Waals surface area contributed by atoms with Crippen LogP contribution in [0.15, 0.2) is 78.9 Å². The molecular formula is C30H31NO3. The zero-order chi connectivity index (χ0) is 23.3. The Morgan fingerprint density at radius 1 is 0.882 bits per heavy atom. The predicted molar refractivity (Wildman–Crippen MR) is 133 cm³/mol. The van der Waals surface area contributed by atoms with Gasteiger partial charge in [-0.2, -0.15) is 0 Å². The van der Waals surface area contributed by atoms with Crippen LogP contribution in [-0.4, -0.2) is 29.7 Å². The first-order valence-electron chi connectivity index (χ1n) is 12.3. The summed E-state index contributed by atoms with van der Waals surface area (Å²) >= 11 is 0. The Hall–Kier alpha value is -3.40. The molecule has 5 rings (SSSR count). The van der Waals surface area contributed by atoms with Crippen molar-refractivity contribution in [3.63, 3.8) is 0 Å². The Morgan fingerprint density at radius 2 is 1.59 bits per heavy atom. The lowest BCUT2D eigenvalue weighted by Crippen LogP contribution is -2.40. The third-order valence-electron chi connectivity index (χ3n) is 7.26. The number of hydrogen-bond acceptors (Lipinski definition) is 3. The van der Waals surface area contributed by atoms with Crippen molar-refractivity contribution < 1.29 is 14.3 Å². The summed E-state index contributed by atoms with van der Waals surface area (Å²) in [4.78, 5) is 28.1. The molecule has 0 saturated carbocycles. The second kappa shape index (κ2) is 10.3. The fourth-order valence-corrected chi connectivity index (χ4v) is 5.25. The van der Waals surface area contributed by atoms with E-state index in [0.29, 0.717) is 18.9 Å². The van der Waals surface area contributed by atoms with Crippen molar-refractivity contribution in [1.82, 2.24) is 4.90 Å². The molecule has 1 fully saturated rings. The highest BCUT2D eigenvalue weighted by Gasteiger charge is 2.32. The summed E-state index contributed by atoms with van der Waals surface area (Å²) < 4.78 is 5.93. The van der Waals surface area contributed by atoms with Crippen LogP contribution in [0.5, 0.6) is 5.75 Å². The van der Waals surface area contributed by atoms with Gasteiger partial charge in [-0.3, -0.25) is 9.59 Å². The molecule has 1 amide bonds. The Balaban J connectivity index is 1.15. The molecule has 1 aliphatic carbocycles. The summed E-state index contributed by atoms with van der Waals surface area (Å²) in [6, 6.07) is 26.4. The first kappa shape index (κ1) is 22.4. The number of rotatable bonds is 6. The maximum atomic E-state index is 13.2. The minimum atomic E-state index is -0.220. The van der Waals surface area contributed by atoms with Crippen molar-refractivity contribution in [3.8, 4) is 5.75 Å². The number of benzene rings is 3. The second-order valence-electron chi connectivity index (χ2n) is 9.46. The predicted octanol–water partition coefficient (Wildman–Crippen LogP) is 5.81. The van der Waals surface area contributed by atoms with Crippen molar-refractivity contribution in [3.05, 3.63) is 101 Å². The average Bonchev–Trinajstić information content (AvgIpc) is 2.90. The summed E-state index contributed by atoms with van der Waals surface area (Å²) in [5.74, 6) is 1.31. The fraction of sp³-hybridized carbons (Fsp3) is 0.333. The molecule has 3 aromatic carbocycles. The lowest BCUT2D eigenvalue weighted by atomic mass is 9.80. The quantitative estimate of drug-likeness (QED) is 0.473. The molecule has 1 heterocycles. The number of Topliss-reactive ketones (excluding diaryl/α,β-unsaturated/α-hetero) is 1. The fourth-order valence-electron chi connectivity index (χ4n) is 5.25. The summed E-state index contributed by atoms with van der Waals surface area (Å²) in [7, 11) is 0. The molecule has 0 spiro atoms. The van der Waals surface area contributed by atoms with E-state index in [9.17, 15) is 9.59 Å². The van der Waals surface area contributed by atoms with E-state index >= 15 is 0 Å². The number of aryl methyl sites for hydroxylation is 1.